The van der Waals surface area contributed by atoms with Gasteiger partial charge in [0.1, 0.15) is 17.7 Å². The van der Waals surface area contributed by atoms with E-state index in [-0.39, 0.29) is 11.8 Å². The van der Waals surface area contributed by atoms with Crippen LogP contribution in [-0.4, -0.2) is 59.4 Å². The third kappa shape index (κ3) is 2.87. The van der Waals surface area contributed by atoms with E-state index in [9.17, 15) is 9.59 Å². The number of carbonyl (C=O) groups excluding carboxylic acids is 2. The van der Waals surface area contributed by atoms with E-state index in [0.29, 0.717) is 25.5 Å². The third-order valence-corrected chi connectivity index (χ3v) is 3.42. The Labute approximate surface area is 118 Å². The van der Waals surface area contributed by atoms with Crippen LogP contribution in [0.2, 0.25) is 0 Å². The summed E-state index contributed by atoms with van der Waals surface area (Å²) in [6.07, 6.45) is 1.70. The minimum absolute atomic E-state index is 0.0860. The van der Waals surface area contributed by atoms with Crippen LogP contribution in [0.5, 0.6) is 0 Å². The summed E-state index contributed by atoms with van der Waals surface area (Å²) < 4.78 is 0. The fourth-order valence-electron chi connectivity index (χ4n) is 2.38. The number of likely N-dealkylation sites (N-methyl/N-ethyl adjacent to an activating group) is 1. The molecule has 1 fully saturated rings. The molecule has 1 saturated heterocycles. The van der Waals surface area contributed by atoms with E-state index in [1.54, 1.807) is 18.1 Å². The summed E-state index contributed by atoms with van der Waals surface area (Å²) in [7, 11) is 1.58. The van der Waals surface area contributed by atoms with Crippen molar-refractivity contribution in [3.8, 4) is 0 Å². The molecule has 0 aliphatic carbocycles. The molecule has 108 valence electrons. The Hall–Kier alpha value is -2.18. The molecule has 7 nitrogen and oxygen atoms in total. The second kappa shape index (κ2) is 5.85. The van der Waals surface area contributed by atoms with Gasteiger partial charge in [-0.2, -0.15) is 0 Å². The van der Waals surface area contributed by atoms with Crippen molar-refractivity contribution >= 4 is 17.6 Å². The van der Waals surface area contributed by atoms with Gasteiger partial charge in [-0.25, -0.2) is 9.97 Å². The lowest BCUT2D eigenvalue weighted by Gasteiger charge is -2.40. The first kappa shape index (κ1) is 14.2. The van der Waals surface area contributed by atoms with E-state index in [1.165, 1.54) is 6.92 Å². The summed E-state index contributed by atoms with van der Waals surface area (Å²) in [6, 6.07) is 1.33. The van der Waals surface area contributed by atoms with Crippen molar-refractivity contribution in [1.29, 1.82) is 0 Å². The third-order valence-electron chi connectivity index (χ3n) is 3.42. The summed E-state index contributed by atoms with van der Waals surface area (Å²) in [5.74, 6) is 1.23. The van der Waals surface area contributed by atoms with Gasteiger partial charge < -0.3 is 15.1 Å². The average molecular weight is 277 g/mol. The number of anilines is 1. The van der Waals surface area contributed by atoms with Gasteiger partial charge in [-0.05, 0) is 13.0 Å². The molecule has 0 unspecified atom stereocenters. The molecule has 1 atom stereocenters. The monoisotopic (exact) mass is 277 g/mol. The van der Waals surface area contributed by atoms with Gasteiger partial charge in [-0.15, -0.1) is 0 Å². The maximum absolute atomic E-state index is 12.0. The largest absolute Gasteiger partial charge is 0.357 e. The van der Waals surface area contributed by atoms with Gasteiger partial charge in [-0.1, -0.05) is 0 Å². The van der Waals surface area contributed by atoms with Crippen molar-refractivity contribution in [2.24, 2.45) is 0 Å². The normalized spacial score (nSPS) is 18.9. The van der Waals surface area contributed by atoms with Crippen LogP contribution in [0.15, 0.2) is 12.3 Å². The van der Waals surface area contributed by atoms with Gasteiger partial charge in [0.05, 0.1) is 0 Å². The Morgan fingerprint density at radius 1 is 1.40 bits per heavy atom. The second-order valence-electron chi connectivity index (χ2n) is 4.75. The highest BCUT2D eigenvalue weighted by Crippen LogP contribution is 2.17. The molecule has 0 spiro atoms. The molecule has 2 heterocycles. The van der Waals surface area contributed by atoms with Gasteiger partial charge in [0, 0.05) is 39.8 Å². The molecule has 2 amide bonds. The minimum atomic E-state index is -0.485. The number of rotatable bonds is 2. The molecule has 1 N–H and O–H groups in total. The van der Waals surface area contributed by atoms with Crippen molar-refractivity contribution in [2.45, 2.75) is 19.9 Å². The predicted octanol–water partition coefficient (Wildman–Crippen LogP) is -0.432. The van der Waals surface area contributed by atoms with E-state index in [0.717, 1.165) is 5.82 Å². The summed E-state index contributed by atoms with van der Waals surface area (Å²) in [5, 5.41) is 2.61. The Kier molecular flexibility index (Phi) is 4.16. The number of aryl methyl sites for hydroxylation is 1. The summed E-state index contributed by atoms with van der Waals surface area (Å²) in [5.41, 5.74) is 0. The van der Waals surface area contributed by atoms with E-state index in [4.69, 9.17) is 0 Å². The van der Waals surface area contributed by atoms with Crippen LogP contribution in [0.25, 0.3) is 0 Å². The Bertz CT molecular complexity index is 519. The van der Waals surface area contributed by atoms with Gasteiger partial charge in [0.2, 0.25) is 11.8 Å². The molecular formula is C13H19N5O2. The molecule has 0 radical (unpaired) electrons. The SMILES string of the molecule is CNC(=O)[C@@H]1CN(c2ccnc(C)n2)CCN1C(C)=O. The number of piperazine rings is 1. The van der Waals surface area contributed by atoms with E-state index < -0.39 is 6.04 Å². The smallest absolute Gasteiger partial charge is 0.244 e. The van der Waals surface area contributed by atoms with Gasteiger partial charge in [-0.3, -0.25) is 9.59 Å². The Morgan fingerprint density at radius 2 is 2.15 bits per heavy atom. The maximum Gasteiger partial charge on any atom is 0.244 e. The standard InChI is InChI=1S/C13H19N5O2/c1-9-15-5-4-12(16-9)17-6-7-18(10(2)19)11(8-17)13(20)14-3/h4-5,11H,6-8H2,1-3H3,(H,14,20)/t11-/m0/s1. The molecule has 1 aromatic rings. The number of nitrogens with zero attached hydrogens (tertiary/aromatic N) is 4. The zero-order valence-electron chi connectivity index (χ0n) is 12.0. The van der Waals surface area contributed by atoms with Crippen LogP contribution in [0.3, 0.4) is 0 Å². The lowest BCUT2D eigenvalue weighted by molar-refractivity contribution is -0.139. The number of aromatic nitrogens is 2. The van der Waals surface area contributed by atoms with Crippen LogP contribution in [0.1, 0.15) is 12.7 Å². The number of carbonyl (C=O) groups is 2. The fraction of sp³-hybridized carbons (Fsp3) is 0.538. The highest BCUT2D eigenvalue weighted by atomic mass is 16.2. The van der Waals surface area contributed by atoms with Crippen molar-refractivity contribution in [1.82, 2.24) is 20.2 Å². The lowest BCUT2D eigenvalue weighted by atomic mass is 10.1. The lowest BCUT2D eigenvalue weighted by Crippen LogP contribution is -2.60. The topological polar surface area (TPSA) is 78.4 Å². The first-order valence-corrected chi connectivity index (χ1v) is 6.56. The van der Waals surface area contributed by atoms with Gasteiger partial charge in [0.25, 0.3) is 0 Å². The molecule has 1 aromatic heterocycles. The molecule has 0 bridgehead atoms. The summed E-state index contributed by atoms with van der Waals surface area (Å²) in [6.45, 7) is 4.92. The number of hydrogen-bond acceptors (Lipinski definition) is 5. The fourth-order valence-corrected chi connectivity index (χ4v) is 2.38. The Morgan fingerprint density at radius 3 is 2.75 bits per heavy atom. The molecule has 0 aromatic carbocycles. The van der Waals surface area contributed by atoms with Crippen LogP contribution in [0, 0.1) is 6.92 Å². The van der Waals surface area contributed by atoms with Gasteiger partial charge >= 0.3 is 0 Å². The summed E-state index contributed by atoms with van der Waals surface area (Å²) in [4.78, 5) is 35.6. The minimum Gasteiger partial charge on any atom is -0.357 e. The van der Waals surface area contributed by atoms with Crippen LogP contribution < -0.4 is 10.2 Å². The van der Waals surface area contributed by atoms with Crippen molar-refractivity contribution < 1.29 is 9.59 Å². The molecule has 0 saturated carbocycles. The summed E-state index contributed by atoms with van der Waals surface area (Å²) >= 11 is 0. The average Bonchev–Trinajstić information content (AvgIpc) is 2.45. The van der Waals surface area contributed by atoms with E-state index in [2.05, 4.69) is 15.3 Å². The Balaban J connectivity index is 2.20. The number of nitrogens with one attached hydrogen (secondary N) is 1. The molecule has 2 rings (SSSR count). The first-order valence-electron chi connectivity index (χ1n) is 6.56. The first-order chi connectivity index (χ1) is 9.52. The van der Waals surface area contributed by atoms with E-state index >= 15 is 0 Å². The molecule has 7 heteroatoms. The molecule has 1 aliphatic heterocycles. The van der Waals surface area contributed by atoms with Crippen LogP contribution in [0.4, 0.5) is 5.82 Å². The van der Waals surface area contributed by atoms with Crippen molar-refractivity contribution in [2.75, 3.05) is 31.6 Å². The number of hydrogen-bond donors (Lipinski definition) is 1. The maximum atomic E-state index is 12.0. The van der Waals surface area contributed by atoms with Crippen LogP contribution >= 0.6 is 0 Å². The number of amides is 2. The zero-order chi connectivity index (χ0) is 14.7. The quantitative estimate of drug-likeness (QED) is 0.793. The highest BCUT2D eigenvalue weighted by Gasteiger charge is 2.33. The van der Waals surface area contributed by atoms with Crippen molar-refractivity contribution in [3.63, 3.8) is 0 Å². The predicted molar refractivity (Wildman–Crippen MR) is 74.2 cm³/mol. The highest BCUT2D eigenvalue weighted by molar-refractivity contribution is 5.87. The molecule has 20 heavy (non-hydrogen) atoms. The van der Waals surface area contributed by atoms with Crippen molar-refractivity contribution in [3.05, 3.63) is 18.1 Å². The molecular weight excluding hydrogens is 258 g/mol. The van der Waals surface area contributed by atoms with Crippen LogP contribution in [-0.2, 0) is 9.59 Å². The second-order valence-corrected chi connectivity index (χ2v) is 4.75. The zero-order valence-corrected chi connectivity index (χ0v) is 12.0. The van der Waals surface area contributed by atoms with E-state index in [1.807, 2.05) is 17.9 Å². The molecule has 1 aliphatic rings. The van der Waals surface area contributed by atoms with Gasteiger partial charge in [0.15, 0.2) is 0 Å².